The van der Waals surface area contributed by atoms with Crippen LogP contribution in [0.5, 0.6) is 0 Å². The molecule has 0 aliphatic heterocycles. The lowest BCUT2D eigenvalue weighted by molar-refractivity contribution is 0.0994. The smallest absolute Gasteiger partial charge is 0.258 e. The lowest BCUT2D eigenvalue weighted by Gasteiger charge is -2.01. The second-order valence-electron chi connectivity index (χ2n) is 4.11. The lowest BCUT2D eigenvalue weighted by atomic mass is 10.2. The Morgan fingerprint density at radius 2 is 2.05 bits per heavy atom. The Balaban J connectivity index is 1.98. The van der Waals surface area contributed by atoms with E-state index in [1.54, 1.807) is 24.3 Å². The first kappa shape index (κ1) is 11.8. The van der Waals surface area contributed by atoms with Crippen molar-refractivity contribution < 1.29 is 4.79 Å². The summed E-state index contributed by atoms with van der Waals surface area (Å²) in [6, 6.07) is 10.7. The highest BCUT2D eigenvalue weighted by Gasteiger charge is 2.11. The van der Waals surface area contributed by atoms with Crippen molar-refractivity contribution in [2.45, 2.75) is 6.42 Å². The van der Waals surface area contributed by atoms with Crippen LogP contribution in [-0.2, 0) is 6.42 Å². The van der Waals surface area contributed by atoms with Crippen LogP contribution in [0.25, 0.3) is 10.9 Å². The number of Topliss-reactive ketones (excluding diaryl/α,β-unsaturated/α-hetero) is 1. The van der Waals surface area contributed by atoms with E-state index in [9.17, 15) is 9.59 Å². The Labute approximate surface area is 112 Å². The molecule has 2 heterocycles. The van der Waals surface area contributed by atoms with Gasteiger partial charge in [-0.1, -0.05) is 18.2 Å². The summed E-state index contributed by atoms with van der Waals surface area (Å²) in [6.07, 6.45) is 0.112. The van der Waals surface area contributed by atoms with Crippen molar-refractivity contribution in [3.05, 3.63) is 62.8 Å². The van der Waals surface area contributed by atoms with Crippen molar-refractivity contribution in [2.24, 2.45) is 0 Å². The van der Waals surface area contributed by atoms with E-state index in [0.29, 0.717) is 21.6 Å². The Bertz CT molecular complexity index is 791. The van der Waals surface area contributed by atoms with Gasteiger partial charge in [0, 0.05) is 0 Å². The second kappa shape index (κ2) is 4.78. The van der Waals surface area contributed by atoms with Gasteiger partial charge in [-0.15, -0.1) is 11.3 Å². The van der Waals surface area contributed by atoms with Gasteiger partial charge in [-0.05, 0) is 23.6 Å². The molecule has 1 aromatic carbocycles. The molecule has 0 spiro atoms. The minimum atomic E-state index is -0.209. The van der Waals surface area contributed by atoms with E-state index in [1.165, 1.54) is 11.3 Å². The van der Waals surface area contributed by atoms with E-state index in [2.05, 4.69) is 9.97 Å². The average Bonchev–Trinajstić information content (AvgIpc) is 2.93. The summed E-state index contributed by atoms with van der Waals surface area (Å²) < 4.78 is 0. The Hall–Kier alpha value is -2.27. The van der Waals surface area contributed by atoms with Crippen molar-refractivity contribution in [2.75, 3.05) is 0 Å². The van der Waals surface area contributed by atoms with Crippen molar-refractivity contribution >= 4 is 28.0 Å². The van der Waals surface area contributed by atoms with Crippen molar-refractivity contribution in [3.8, 4) is 0 Å². The lowest BCUT2D eigenvalue weighted by Crippen LogP contribution is -2.14. The molecule has 0 bridgehead atoms. The number of hydrogen-bond donors (Lipinski definition) is 1. The Kier molecular flexibility index (Phi) is 2.97. The highest BCUT2D eigenvalue weighted by molar-refractivity contribution is 7.12. The first-order chi connectivity index (χ1) is 9.24. The predicted molar refractivity (Wildman–Crippen MR) is 74.7 cm³/mol. The molecule has 0 radical (unpaired) electrons. The number of fused-ring (bicyclic) bond motifs is 1. The van der Waals surface area contributed by atoms with Crippen LogP contribution in [0, 0.1) is 0 Å². The van der Waals surface area contributed by atoms with Crippen LogP contribution in [0.3, 0.4) is 0 Å². The summed E-state index contributed by atoms with van der Waals surface area (Å²) in [5, 5.41) is 2.39. The van der Waals surface area contributed by atoms with Gasteiger partial charge < -0.3 is 4.98 Å². The molecule has 0 aliphatic carbocycles. The standard InChI is InChI=1S/C14H10N2O2S/c17-11(12-6-3-7-19-12)8-13-15-10-5-2-1-4-9(10)14(18)16-13/h1-7H,8H2,(H,15,16,18). The zero-order valence-electron chi connectivity index (χ0n) is 9.92. The third-order valence-corrected chi connectivity index (χ3v) is 3.70. The zero-order chi connectivity index (χ0) is 13.2. The molecule has 3 aromatic rings. The summed E-state index contributed by atoms with van der Waals surface area (Å²) in [6.45, 7) is 0. The molecule has 1 N–H and O–H groups in total. The minimum absolute atomic E-state index is 0.0339. The molecule has 4 nitrogen and oxygen atoms in total. The highest BCUT2D eigenvalue weighted by Crippen LogP contribution is 2.12. The van der Waals surface area contributed by atoms with Gasteiger partial charge in [0.2, 0.25) is 0 Å². The molecule has 0 fully saturated rings. The van der Waals surface area contributed by atoms with Crippen LogP contribution in [0.1, 0.15) is 15.5 Å². The minimum Gasteiger partial charge on any atom is -0.310 e. The molecular weight excluding hydrogens is 260 g/mol. The zero-order valence-corrected chi connectivity index (χ0v) is 10.7. The molecule has 0 aliphatic rings. The van der Waals surface area contributed by atoms with Crippen LogP contribution in [0.2, 0.25) is 0 Å². The SMILES string of the molecule is O=C(Cc1nc2ccccc2c(=O)[nH]1)c1cccs1. The fourth-order valence-electron chi connectivity index (χ4n) is 1.90. The molecule has 2 aromatic heterocycles. The van der Waals surface area contributed by atoms with Crippen LogP contribution in [0.15, 0.2) is 46.6 Å². The van der Waals surface area contributed by atoms with Gasteiger partial charge in [-0.25, -0.2) is 4.98 Å². The van der Waals surface area contributed by atoms with Crippen molar-refractivity contribution in [1.82, 2.24) is 9.97 Å². The molecule has 94 valence electrons. The monoisotopic (exact) mass is 270 g/mol. The number of H-pyrrole nitrogens is 1. The van der Waals surface area contributed by atoms with Gasteiger partial charge in [0.1, 0.15) is 5.82 Å². The summed E-state index contributed by atoms with van der Waals surface area (Å²) in [4.78, 5) is 31.5. The number of rotatable bonds is 3. The van der Waals surface area contributed by atoms with Crippen LogP contribution < -0.4 is 5.56 Å². The summed E-state index contributed by atoms with van der Waals surface area (Å²) in [5.41, 5.74) is 0.403. The van der Waals surface area contributed by atoms with Gasteiger partial charge in [-0.2, -0.15) is 0 Å². The fourth-order valence-corrected chi connectivity index (χ4v) is 2.56. The number of carbonyl (C=O) groups is 1. The maximum atomic E-state index is 12.0. The van der Waals surface area contributed by atoms with E-state index >= 15 is 0 Å². The topological polar surface area (TPSA) is 62.8 Å². The number of benzene rings is 1. The number of aromatic nitrogens is 2. The molecular formula is C14H10N2O2S. The number of nitrogens with one attached hydrogen (secondary N) is 1. The predicted octanol–water partition coefficient (Wildman–Crippen LogP) is 2.41. The van der Waals surface area contributed by atoms with Crippen LogP contribution in [-0.4, -0.2) is 15.8 Å². The van der Waals surface area contributed by atoms with E-state index in [0.717, 1.165) is 0 Å². The third-order valence-electron chi connectivity index (χ3n) is 2.79. The van der Waals surface area contributed by atoms with Gasteiger partial charge in [0.25, 0.3) is 5.56 Å². The Morgan fingerprint density at radius 3 is 2.84 bits per heavy atom. The van der Waals surface area contributed by atoms with Gasteiger partial charge in [-0.3, -0.25) is 9.59 Å². The van der Waals surface area contributed by atoms with Crippen molar-refractivity contribution in [1.29, 1.82) is 0 Å². The molecule has 0 atom stereocenters. The number of para-hydroxylation sites is 1. The number of thiophene rings is 1. The third kappa shape index (κ3) is 2.32. The number of hydrogen-bond acceptors (Lipinski definition) is 4. The van der Waals surface area contributed by atoms with Crippen molar-refractivity contribution in [3.63, 3.8) is 0 Å². The maximum Gasteiger partial charge on any atom is 0.258 e. The second-order valence-corrected chi connectivity index (χ2v) is 5.05. The fraction of sp³-hybridized carbons (Fsp3) is 0.0714. The number of aromatic amines is 1. The number of nitrogens with zero attached hydrogens (tertiary/aromatic N) is 1. The Morgan fingerprint density at radius 1 is 1.21 bits per heavy atom. The molecule has 0 unspecified atom stereocenters. The average molecular weight is 270 g/mol. The summed E-state index contributed by atoms with van der Waals surface area (Å²) in [7, 11) is 0. The summed E-state index contributed by atoms with van der Waals surface area (Å²) >= 11 is 1.39. The van der Waals surface area contributed by atoms with Crippen LogP contribution in [0.4, 0.5) is 0 Å². The van der Waals surface area contributed by atoms with Crippen LogP contribution >= 0.6 is 11.3 Å². The molecule has 3 rings (SSSR count). The summed E-state index contributed by atoms with van der Waals surface area (Å²) in [5.74, 6) is 0.371. The molecule has 0 saturated heterocycles. The van der Waals surface area contributed by atoms with Gasteiger partial charge >= 0.3 is 0 Å². The quantitative estimate of drug-likeness (QED) is 0.743. The van der Waals surface area contributed by atoms with E-state index in [1.807, 2.05) is 17.5 Å². The van der Waals surface area contributed by atoms with E-state index < -0.39 is 0 Å². The van der Waals surface area contributed by atoms with E-state index in [4.69, 9.17) is 0 Å². The van der Waals surface area contributed by atoms with E-state index in [-0.39, 0.29) is 17.8 Å². The number of ketones is 1. The molecule has 0 saturated carbocycles. The molecule has 0 amide bonds. The van der Waals surface area contributed by atoms with Gasteiger partial charge in [0.05, 0.1) is 22.2 Å². The number of carbonyl (C=O) groups excluding carboxylic acids is 1. The normalized spacial score (nSPS) is 10.7. The highest BCUT2D eigenvalue weighted by atomic mass is 32.1. The molecule has 19 heavy (non-hydrogen) atoms. The largest absolute Gasteiger partial charge is 0.310 e. The maximum absolute atomic E-state index is 12.0. The van der Waals surface area contributed by atoms with Gasteiger partial charge in [0.15, 0.2) is 5.78 Å². The first-order valence-electron chi connectivity index (χ1n) is 5.79. The first-order valence-corrected chi connectivity index (χ1v) is 6.66. The molecule has 5 heteroatoms.